The highest BCUT2D eigenvalue weighted by Crippen LogP contribution is 2.22. The Bertz CT molecular complexity index is 1190. The number of hydrogen-bond acceptors (Lipinski definition) is 4. The quantitative estimate of drug-likeness (QED) is 0.376. The largest absolute Gasteiger partial charge is 0.304 e. The lowest BCUT2D eigenvalue weighted by Gasteiger charge is -2.03. The third kappa shape index (κ3) is 4.66. The van der Waals surface area contributed by atoms with Crippen LogP contribution in [0.1, 0.15) is 32.2 Å². The SMILES string of the molecule is Cc1nn(Cc2csc(C(=O)Nc3ccn(Cc4ccc(Br)cc4)n3)c2)c(C)c1Cl. The fraction of sp³-hybridized carbons (Fsp3) is 0.190. The van der Waals surface area contributed by atoms with Gasteiger partial charge in [-0.1, -0.05) is 39.7 Å². The molecule has 1 aromatic carbocycles. The molecule has 0 aliphatic carbocycles. The fourth-order valence-corrected chi connectivity index (χ4v) is 4.25. The molecule has 0 unspecified atom stereocenters. The van der Waals surface area contributed by atoms with Crippen LogP contribution in [-0.4, -0.2) is 25.5 Å². The number of aryl methyl sites for hydroxylation is 1. The van der Waals surface area contributed by atoms with Gasteiger partial charge < -0.3 is 5.32 Å². The van der Waals surface area contributed by atoms with Gasteiger partial charge in [-0.2, -0.15) is 10.2 Å². The first-order valence-electron chi connectivity index (χ1n) is 9.25. The molecule has 4 rings (SSSR count). The van der Waals surface area contributed by atoms with Crippen LogP contribution in [0, 0.1) is 13.8 Å². The van der Waals surface area contributed by atoms with Crippen molar-refractivity contribution in [3.63, 3.8) is 0 Å². The summed E-state index contributed by atoms with van der Waals surface area (Å²) >= 11 is 11.0. The van der Waals surface area contributed by atoms with Gasteiger partial charge in [-0.25, -0.2) is 0 Å². The number of anilines is 1. The first kappa shape index (κ1) is 20.8. The maximum atomic E-state index is 12.6. The second-order valence-corrected chi connectivity index (χ2v) is 9.15. The Morgan fingerprint density at radius 3 is 2.60 bits per heavy atom. The van der Waals surface area contributed by atoms with Crippen LogP contribution in [0.5, 0.6) is 0 Å². The minimum absolute atomic E-state index is 0.174. The summed E-state index contributed by atoms with van der Waals surface area (Å²) in [6.45, 7) is 5.03. The standard InChI is InChI=1S/C21H19BrClN5OS/c1-13-20(23)14(2)28(25-13)11-16-9-18(30-12-16)21(29)24-19-7-8-27(26-19)10-15-3-5-17(22)6-4-15/h3-9,12H,10-11H2,1-2H3,(H,24,26,29). The van der Waals surface area contributed by atoms with Gasteiger partial charge in [-0.05, 0) is 48.6 Å². The Morgan fingerprint density at radius 2 is 1.90 bits per heavy atom. The summed E-state index contributed by atoms with van der Waals surface area (Å²) in [4.78, 5) is 13.2. The minimum atomic E-state index is -0.174. The van der Waals surface area contributed by atoms with Gasteiger partial charge in [0.25, 0.3) is 5.91 Å². The zero-order valence-corrected chi connectivity index (χ0v) is 19.6. The summed E-state index contributed by atoms with van der Waals surface area (Å²) in [5, 5.41) is 14.4. The number of nitrogens with zero attached hydrogens (tertiary/aromatic N) is 4. The van der Waals surface area contributed by atoms with E-state index in [1.54, 1.807) is 10.7 Å². The van der Waals surface area contributed by atoms with Gasteiger partial charge in [0.15, 0.2) is 5.82 Å². The zero-order valence-electron chi connectivity index (χ0n) is 16.4. The Labute approximate surface area is 191 Å². The molecule has 0 aliphatic heterocycles. The molecule has 0 fully saturated rings. The zero-order chi connectivity index (χ0) is 21.3. The number of aromatic nitrogens is 4. The summed E-state index contributed by atoms with van der Waals surface area (Å²) in [5.41, 5.74) is 3.86. The van der Waals surface area contributed by atoms with Gasteiger partial charge >= 0.3 is 0 Å². The maximum absolute atomic E-state index is 12.6. The molecule has 4 aromatic rings. The molecule has 30 heavy (non-hydrogen) atoms. The topological polar surface area (TPSA) is 64.7 Å². The van der Waals surface area contributed by atoms with E-state index in [1.165, 1.54) is 11.3 Å². The van der Waals surface area contributed by atoms with Crippen LogP contribution in [0.3, 0.4) is 0 Å². The van der Waals surface area contributed by atoms with Crippen molar-refractivity contribution in [1.29, 1.82) is 0 Å². The van der Waals surface area contributed by atoms with Crippen LogP contribution in [0.4, 0.5) is 5.82 Å². The van der Waals surface area contributed by atoms with E-state index >= 15 is 0 Å². The molecule has 3 aromatic heterocycles. The average molecular weight is 505 g/mol. The number of hydrogen-bond donors (Lipinski definition) is 1. The van der Waals surface area contributed by atoms with E-state index < -0.39 is 0 Å². The predicted octanol–water partition coefficient (Wildman–Crippen LogP) is 5.52. The second kappa shape index (κ2) is 8.75. The van der Waals surface area contributed by atoms with Crippen LogP contribution in [0.2, 0.25) is 5.02 Å². The Morgan fingerprint density at radius 1 is 1.13 bits per heavy atom. The third-order valence-electron chi connectivity index (χ3n) is 4.64. The summed E-state index contributed by atoms with van der Waals surface area (Å²) in [6.07, 6.45) is 1.85. The van der Waals surface area contributed by atoms with Crippen molar-refractivity contribution < 1.29 is 4.79 Å². The van der Waals surface area contributed by atoms with Gasteiger partial charge in [-0.15, -0.1) is 11.3 Å². The van der Waals surface area contributed by atoms with Gasteiger partial charge in [-0.3, -0.25) is 14.2 Å². The molecule has 1 N–H and O–H groups in total. The minimum Gasteiger partial charge on any atom is -0.304 e. The molecule has 0 radical (unpaired) electrons. The van der Waals surface area contributed by atoms with E-state index in [1.807, 2.05) is 60.4 Å². The van der Waals surface area contributed by atoms with Crippen molar-refractivity contribution in [2.45, 2.75) is 26.9 Å². The van der Waals surface area contributed by atoms with E-state index in [2.05, 4.69) is 31.4 Å². The predicted molar refractivity (Wildman–Crippen MR) is 124 cm³/mol. The number of carbonyl (C=O) groups is 1. The molecule has 9 heteroatoms. The number of carbonyl (C=O) groups excluding carboxylic acids is 1. The third-order valence-corrected chi connectivity index (χ3v) is 6.70. The molecule has 0 bridgehead atoms. The van der Waals surface area contributed by atoms with Crippen molar-refractivity contribution in [3.05, 3.63) is 84.9 Å². The Hall–Kier alpha value is -2.42. The smallest absolute Gasteiger partial charge is 0.266 e. The molecule has 0 aliphatic rings. The lowest BCUT2D eigenvalue weighted by atomic mass is 10.2. The van der Waals surface area contributed by atoms with Crippen LogP contribution in [0.25, 0.3) is 0 Å². The molecule has 0 saturated heterocycles. The number of thiophene rings is 1. The molecular weight excluding hydrogens is 486 g/mol. The van der Waals surface area contributed by atoms with E-state index in [-0.39, 0.29) is 5.91 Å². The number of benzene rings is 1. The van der Waals surface area contributed by atoms with Crippen molar-refractivity contribution in [1.82, 2.24) is 19.6 Å². The number of halogens is 2. The highest BCUT2D eigenvalue weighted by Gasteiger charge is 2.14. The van der Waals surface area contributed by atoms with Crippen molar-refractivity contribution in [3.8, 4) is 0 Å². The molecule has 6 nitrogen and oxygen atoms in total. The summed E-state index contributed by atoms with van der Waals surface area (Å²) in [7, 11) is 0. The van der Waals surface area contributed by atoms with Crippen molar-refractivity contribution in [2.75, 3.05) is 5.32 Å². The lowest BCUT2D eigenvalue weighted by molar-refractivity contribution is 0.103. The Kier molecular flexibility index (Phi) is 6.08. The second-order valence-electron chi connectivity index (χ2n) is 6.94. The number of nitrogens with one attached hydrogen (secondary N) is 1. The van der Waals surface area contributed by atoms with Crippen LogP contribution in [0.15, 0.2) is 52.4 Å². The molecule has 0 spiro atoms. The summed E-state index contributed by atoms with van der Waals surface area (Å²) < 4.78 is 4.69. The average Bonchev–Trinajstić information content (AvgIpc) is 3.42. The molecule has 0 atom stereocenters. The van der Waals surface area contributed by atoms with Crippen LogP contribution in [-0.2, 0) is 13.1 Å². The molecular formula is C21H19BrClN5OS. The monoisotopic (exact) mass is 503 g/mol. The normalized spacial score (nSPS) is 11.1. The van der Waals surface area contributed by atoms with Crippen molar-refractivity contribution >= 4 is 50.6 Å². The van der Waals surface area contributed by atoms with E-state index in [0.29, 0.717) is 28.8 Å². The van der Waals surface area contributed by atoms with Crippen molar-refractivity contribution in [2.24, 2.45) is 0 Å². The fourth-order valence-electron chi connectivity index (χ4n) is 3.05. The highest BCUT2D eigenvalue weighted by atomic mass is 79.9. The van der Waals surface area contributed by atoms with Crippen LogP contribution < -0.4 is 5.32 Å². The summed E-state index contributed by atoms with van der Waals surface area (Å²) in [6, 6.07) is 11.7. The molecule has 0 saturated carbocycles. The van der Waals surface area contributed by atoms with Gasteiger partial charge in [0.05, 0.1) is 34.4 Å². The van der Waals surface area contributed by atoms with Gasteiger partial charge in [0.1, 0.15) is 0 Å². The summed E-state index contributed by atoms with van der Waals surface area (Å²) in [5.74, 6) is 0.351. The van der Waals surface area contributed by atoms with Gasteiger partial charge in [0.2, 0.25) is 0 Å². The van der Waals surface area contributed by atoms with E-state index in [9.17, 15) is 4.79 Å². The number of amides is 1. The van der Waals surface area contributed by atoms with E-state index in [4.69, 9.17) is 11.6 Å². The first-order chi connectivity index (χ1) is 14.4. The first-order valence-corrected chi connectivity index (χ1v) is 11.3. The van der Waals surface area contributed by atoms with E-state index in [0.717, 1.165) is 27.0 Å². The Balaban J connectivity index is 1.39. The molecule has 3 heterocycles. The highest BCUT2D eigenvalue weighted by molar-refractivity contribution is 9.10. The van der Waals surface area contributed by atoms with Crippen LogP contribution >= 0.6 is 38.9 Å². The lowest BCUT2D eigenvalue weighted by Crippen LogP contribution is -2.11. The number of rotatable bonds is 6. The molecule has 154 valence electrons. The van der Waals surface area contributed by atoms with Gasteiger partial charge in [0, 0.05) is 16.7 Å². The molecule has 1 amide bonds. The maximum Gasteiger partial charge on any atom is 0.266 e.